The molecule has 6 nitrogen and oxygen atoms in total. The number of anilines is 1. The third-order valence-corrected chi connectivity index (χ3v) is 5.72. The number of nitrogens with one attached hydrogen (secondary N) is 1. The predicted molar refractivity (Wildman–Crippen MR) is 117 cm³/mol. The smallest absolute Gasteiger partial charge is 0.223 e. The van der Waals surface area contributed by atoms with Crippen molar-refractivity contribution in [3.63, 3.8) is 0 Å². The van der Waals surface area contributed by atoms with Crippen molar-refractivity contribution in [3.8, 4) is 5.75 Å². The lowest BCUT2D eigenvalue weighted by Gasteiger charge is -2.33. The molecule has 0 saturated carbocycles. The number of aromatic nitrogens is 1. The van der Waals surface area contributed by atoms with E-state index in [2.05, 4.69) is 20.1 Å². The molecular weight excluding hydrogens is 388 g/mol. The summed E-state index contributed by atoms with van der Waals surface area (Å²) in [4.78, 5) is 21.4. The lowest BCUT2D eigenvalue weighted by molar-refractivity contribution is -0.125. The summed E-state index contributed by atoms with van der Waals surface area (Å²) >= 11 is 5.91. The SMILES string of the molecule is COc1ccc(C(CNC(=O)C2CCN(c3ccc(Cl)cn3)CC2)N(C)C)cc1. The molecule has 1 unspecified atom stereocenters. The van der Waals surface area contributed by atoms with Gasteiger partial charge in [-0.2, -0.15) is 0 Å². The summed E-state index contributed by atoms with van der Waals surface area (Å²) in [5, 5.41) is 3.79. The zero-order valence-electron chi connectivity index (χ0n) is 17.3. The fraction of sp³-hybridized carbons (Fsp3) is 0.455. The van der Waals surface area contributed by atoms with Crippen LogP contribution in [0.1, 0.15) is 24.4 Å². The normalized spacial score (nSPS) is 16.0. The summed E-state index contributed by atoms with van der Waals surface area (Å²) < 4.78 is 5.24. The van der Waals surface area contributed by atoms with Gasteiger partial charge in [0.1, 0.15) is 11.6 Å². The first kappa shape index (κ1) is 21.4. The van der Waals surface area contributed by atoms with E-state index in [1.807, 2.05) is 50.5 Å². The number of benzene rings is 1. The molecule has 7 heteroatoms. The van der Waals surface area contributed by atoms with Gasteiger partial charge in [-0.25, -0.2) is 4.98 Å². The Balaban J connectivity index is 1.52. The average Bonchev–Trinajstić information content (AvgIpc) is 2.74. The van der Waals surface area contributed by atoms with Gasteiger partial charge in [0, 0.05) is 31.7 Å². The highest BCUT2D eigenvalue weighted by Crippen LogP contribution is 2.24. The van der Waals surface area contributed by atoms with Crippen molar-refractivity contribution < 1.29 is 9.53 Å². The number of piperidine rings is 1. The third-order valence-electron chi connectivity index (χ3n) is 5.50. The van der Waals surface area contributed by atoms with Gasteiger partial charge in [0.05, 0.1) is 18.2 Å². The minimum Gasteiger partial charge on any atom is -0.497 e. The molecule has 0 spiro atoms. The van der Waals surface area contributed by atoms with E-state index >= 15 is 0 Å². The number of hydrogen-bond donors (Lipinski definition) is 1. The average molecular weight is 417 g/mol. The zero-order chi connectivity index (χ0) is 20.8. The van der Waals surface area contributed by atoms with E-state index in [0.717, 1.165) is 43.1 Å². The summed E-state index contributed by atoms with van der Waals surface area (Å²) in [6, 6.07) is 11.9. The van der Waals surface area contributed by atoms with Crippen molar-refractivity contribution in [2.75, 3.05) is 45.7 Å². The molecule has 1 saturated heterocycles. The lowest BCUT2D eigenvalue weighted by atomic mass is 9.95. The largest absolute Gasteiger partial charge is 0.497 e. The maximum atomic E-state index is 12.7. The molecule has 1 aromatic carbocycles. The molecule has 156 valence electrons. The Kier molecular flexibility index (Phi) is 7.34. The second-order valence-electron chi connectivity index (χ2n) is 7.59. The predicted octanol–water partition coefficient (Wildman–Crippen LogP) is 3.38. The van der Waals surface area contributed by atoms with Crippen LogP contribution in [0.25, 0.3) is 0 Å². The van der Waals surface area contributed by atoms with Gasteiger partial charge in [-0.05, 0) is 56.8 Å². The minimum atomic E-state index is 0.0391. The van der Waals surface area contributed by atoms with E-state index in [1.54, 1.807) is 13.3 Å². The summed E-state index contributed by atoms with van der Waals surface area (Å²) in [5.74, 6) is 1.92. The van der Waals surface area contributed by atoms with Crippen LogP contribution in [0.3, 0.4) is 0 Å². The molecule has 1 atom stereocenters. The minimum absolute atomic E-state index is 0.0391. The molecule has 1 amide bonds. The number of likely N-dealkylation sites (N-methyl/N-ethyl adjacent to an activating group) is 1. The summed E-state index contributed by atoms with van der Waals surface area (Å²) in [6.45, 7) is 2.22. The van der Waals surface area contributed by atoms with Crippen LogP contribution in [0, 0.1) is 5.92 Å². The van der Waals surface area contributed by atoms with E-state index < -0.39 is 0 Å². The molecule has 0 bridgehead atoms. The standard InChI is InChI=1S/C22H29ClN4O2/c1-26(2)20(16-4-7-19(29-3)8-5-16)15-25-22(28)17-10-12-27(13-11-17)21-9-6-18(23)14-24-21/h4-9,14,17,20H,10-13,15H2,1-3H3,(H,25,28). The van der Waals surface area contributed by atoms with Crippen LogP contribution in [0.2, 0.25) is 5.02 Å². The quantitative estimate of drug-likeness (QED) is 0.749. The van der Waals surface area contributed by atoms with Gasteiger partial charge in [0.15, 0.2) is 0 Å². The highest BCUT2D eigenvalue weighted by molar-refractivity contribution is 6.30. The molecule has 1 N–H and O–H groups in total. The van der Waals surface area contributed by atoms with E-state index in [1.165, 1.54) is 0 Å². The Morgan fingerprint density at radius 3 is 2.48 bits per heavy atom. The number of methoxy groups -OCH3 is 1. The number of nitrogens with zero attached hydrogens (tertiary/aromatic N) is 3. The molecule has 2 heterocycles. The molecular formula is C22H29ClN4O2. The van der Waals surface area contributed by atoms with Gasteiger partial charge in [-0.1, -0.05) is 23.7 Å². The van der Waals surface area contributed by atoms with Crippen LogP contribution < -0.4 is 15.0 Å². The molecule has 0 aliphatic carbocycles. The summed E-state index contributed by atoms with van der Waals surface area (Å²) in [5.41, 5.74) is 1.15. The Morgan fingerprint density at radius 1 is 1.24 bits per heavy atom. The zero-order valence-corrected chi connectivity index (χ0v) is 18.0. The van der Waals surface area contributed by atoms with Crippen molar-refractivity contribution in [2.24, 2.45) is 5.92 Å². The molecule has 29 heavy (non-hydrogen) atoms. The van der Waals surface area contributed by atoms with Gasteiger partial charge in [0.25, 0.3) is 0 Å². The van der Waals surface area contributed by atoms with Gasteiger partial charge < -0.3 is 19.9 Å². The second kappa shape index (κ2) is 9.94. The van der Waals surface area contributed by atoms with Crippen molar-refractivity contribution >= 4 is 23.3 Å². The lowest BCUT2D eigenvalue weighted by Crippen LogP contribution is -2.43. The number of hydrogen-bond acceptors (Lipinski definition) is 5. The number of rotatable bonds is 7. The Labute approximate surface area is 177 Å². The van der Waals surface area contributed by atoms with Crippen LogP contribution in [0.5, 0.6) is 5.75 Å². The first-order valence-corrected chi connectivity index (χ1v) is 10.3. The number of pyridine rings is 1. The number of ether oxygens (including phenoxy) is 1. The molecule has 2 aromatic rings. The van der Waals surface area contributed by atoms with Crippen LogP contribution in [-0.4, -0.2) is 56.6 Å². The van der Waals surface area contributed by atoms with Crippen LogP contribution >= 0.6 is 11.6 Å². The molecule has 3 rings (SSSR count). The Morgan fingerprint density at radius 2 is 1.93 bits per heavy atom. The highest BCUT2D eigenvalue weighted by Gasteiger charge is 2.26. The number of carbonyl (C=O) groups excluding carboxylic acids is 1. The van der Waals surface area contributed by atoms with E-state index in [9.17, 15) is 4.79 Å². The summed E-state index contributed by atoms with van der Waals surface area (Å²) in [7, 11) is 5.71. The van der Waals surface area contributed by atoms with Gasteiger partial charge in [-0.15, -0.1) is 0 Å². The van der Waals surface area contributed by atoms with Crippen molar-refractivity contribution in [3.05, 3.63) is 53.2 Å². The highest BCUT2D eigenvalue weighted by atomic mass is 35.5. The van der Waals surface area contributed by atoms with Crippen LogP contribution in [0.4, 0.5) is 5.82 Å². The molecule has 0 radical (unpaired) electrons. The maximum absolute atomic E-state index is 12.7. The maximum Gasteiger partial charge on any atom is 0.223 e. The topological polar surface area (TPSA) is 57.7 Å². The molecule has 1 aliphatic heterocycles. The first-order chi connectivity index (χ1) is 14.0. The fourth-order valence-electron chi connectivity index (χ4n) is 3.69. The fourth-order valence-corrected chi connectivity index (χ4v) is 3.80. The van der Waals surface area contributed by atoms with E-state index in [0.29, 0.717) is 11.6 Å². The van der Waals surface area contributed by atoms with Crippen molar-refractivity contribution in [2.45, 2.75) is 18.9 Å². The third kappa shape index (κ3) is 5.61. The van der Waals surface area contributed by atoms with Crippen LogP contribution in [0.15, 0.2) is 42.6 Å². The number of halogens is 1. The first-order valence-electron chi connectivity index (χ1n) is 9.92. The Bertz CT molecular complexity index is 787. The molecule has 1 fully saturated rings. The monoisotopic (exact) mass is 416 g/mol. The van der Waals surface area contributed by atoms with E-state index in [4.69, 9.17) is 16.3 Å². The van der Waals surface area contributed by atoms with Crippen molar-refractivity contribution in [1.29, 1.82) is 0 Å². The van der Waals surface area contributed by atoms with Crippen molar-refractivity contribution in [1.82, 2.24) is 15.2 Å². The summed E-state index contributed by atoms with van der Waals surface area (Å²) in [6.07, 6.45) is 3.31. The van der Waals surface area contributed by atoms with Gasteiger partial charge >= 0.3 is 0 Å². The number of carbonyl (C=O) groups is 1. The number of amides is 1. The molecule has 1 aromatic heterocycles. The van der Waals surface area contributed by atoms with Crippen LogP contribution in [-0.2, 0) is 4.79 Å². The molecule has 1 aliphatic rings. The second-order valence-corrected chi connectivity index (χ2v) is 8.03. The Hall–Kier alpha value is -2.31. The van der Waals surface area contributed by atoms with E-state index in [-0.39, 0.29) is 17.9 Å². The van der Waals surface area contributed by atoms with Gasteiger partial charge in [0.2, 0.25) is 5.91 Å². The van der Waals surface area contributed by atoms with Gasteiger partial charge in [-0.3, -0.25) is 4.79 Å².